The maximum absolute atomic E-state index is 13.2. The highest BCUT2D eigenvalue weighted by Crippen LogP contribution is 2.32. The SMILES string of the molecule is N=C(NCCc1ncc[nH]1)c1c(O)nsc1Nc1cccc(C(=O)n2ccc3c(N)cc(N)nc32)n1. The molecule has 0 spiro atoms. The third-order valence-corrected chi connectivity index (χ3v) is 6.03. The Kier molecular flexibility index (Phi) is 5.92. The Bertz CT molecular complexity index is 1570. The van der Waals surface area contributed by atoms with Crippen LogP contribution in [0.5, 0.6) is 5.88 Å². The number of nitrogens with two attached hydrogens (primary N) is 2. The first-order valence-corrected chi connectivity index (χ1v) is 11.5. The lowest BCUT2D eigenvalue weighted by Crippen LogP contribution is -2.26. The number of fused-ring (bicyclic) bond motifs is 1. The molecular weight excluding hydrogens is 482 g/mol. The van der Waals surface area contributed by atoms with Crippen molar-refractivity contribution in [1.82, 2.24) is 34.2 Å². The van der Waals surface area contributed by atoms with Gasteiger partial charge in [-0.05, 0) is 29.7 Å². The second-order valence-electron chi connectivity index (χ2n) is 7.70. The molecular formula is C22H21N11O2S. The minimum absolute atomic E-state index is 0.0115. The number of aromatic hydroxyl groups is 1. The Morgan fingerprint density at radius 1 is 1.25 bits per heavy atom. The maximum atomic E-state index is 13.2. The second-order valence-corrected chi connectivity index (χ2v) is 8.47. The average Bonchev–Trinajstić information content (AvgIpc) is 3.59. The molecule has 0 radical (unpaired) electrons. The minimum Gasteiger partial charge on any atom is -0.492 e. The largest absolute Gasteiger partial charge is 0.492 e. The first-order chi connectivity index (χ1) is 17.4. The van der Waals surface area contributed by atoms with Crippen LogP contribution < -0.4 is 22.1 Å². The van der Waals surface area contributed by atoms with Gasteiger partial charge in [-0.1, -0.05) is 6.07 Å². The fraction of sp³-hybridized carbons (Fsp3) is 0.0909. The number of imidazole rings is 1. The van der Waals surface area contributed by atoms with E-state index in [4.69, 9.17) is 16.9 Å². The number of rotatable bonds is 7. The lowest BCUT2D eigenvalue weighted by molar-refractivity contribution is 0.0959. The maximum Gasteiger partial charge on any atom is 0.282 e. The van der Waals surface area contributed by atoms with Crippen molar-refractivity contribution in [2.75, 3.05) is 23.3 Å². The summed E-state index contributed by atoms with van der Waals surface area (Å²) in [4.78, 5) is 29.0. The molecule has 0 amide bonds. The van der Waals surface area contributed by atoms with E-state index in [1.165, 1.54) is 10.6 Å². The number of anilines is 4. The normalized spacial score (nSPS) is 11.0. The summed E-state index contributed by atoms with van der Waals surface area (Å²) in [5.41, 5.74) is 12.9. The monoisotopic (exact) mass is 503 g/mol. The number of hydrogen-bond donors (Lipinski definition) is 7. The Balaban J connectivity index is 1.35. The number of H-pyrrole nitrogens is 1. The van der Waals surface area contributed by atoms with Gasteiger partial charge in [0.1, 0.15) is 39.6 Å². The van der Waals surface area contributed by atoms with Crippen molar-refractivity contribution in [3.05, 3.63) is 66.0 Å². The van der Waals surface area contributed by atoms with Crippen LogP contribution in [0.2, 0.25) is 0 Å². The van der Waals surface area contributed by atoms with Gasteiger partial charge < -0.3 is 32.2 Å². The third kappa shape index (κ3) is 4.39. The van der Waals surface area contributed by atoms with Gasteiger partial charge in [-0.15, -0.1) is 0 Å². The quantitative estimate of drug-likeness (QED) is 0.127. The molecule has 5 aromatic rings. The molecule has 14 heteroatoms. The smallest absolute Gasteiger partial charge is 0.282 e. The van der Waals surface area contributed by atoms with E-state index in [9.17, 15) is 9.90 Å². The summed E-state index contributed by atoms with van der Waals surface area (Å²) >= 11 is 0.969. The Morgan fingerprint density at radius 3 is 2.92 bits per heavy atom. The van der Waals surface area contributed by atoms with Crippen molar-refractivity contribution in [2.45, 2.75) is 6.42 Å². The first kappa shape index (κ1) is 22.8. The van der Waals surface area contributed by atoms with Gasteiger partial charge in [0, 0.05) is 48.7 Å². The number of carbonyl (C=O) groups is 1. The standard InChI is InChI=1S/C22H21N11O2S/c23-12-10-14(24)30-19-11(12)5-9-33(19)22(35)13-2-1-3-16(29-13)31-21-17(20(34)32-36-21)18(25)28-6-4-15-26-7-8-27-15/h1-3,5,7-10H,4,6H2,(H2,25,28)(H,26,27)(H,29,31)(H,32,34)(H4,23,24,30). The van der Waals surface area contributed by atoms with Gasteiger partial charge in [0.15, 0.2) is 5.65 Å². The number of amidine groups is 1. The van der Waals surface area contributed by atoms with Gasteiger partial charge in [0.2, 0.25) is 5.88 Å². The molecule has 0 aromatic carbocycles. The second kappa shape index (κ2) is 9.34. The van der Waals surface area contributed by atoms with Crippen LogP contribution in [-0.4, -0.2) is 52.3 Å². The van der Waals surface area contributed by atoms with Crippen molar-refractivity contribution in [3.8, 4) is 5.88 Å². The molecule has 9 N–H and O–H groups in total. The lowest BCUT2D eigenvalue weighted by Gasteiger charge is -2.10. The molecule has 5 heterocycles. The number of pyridine rings is 2. The summed E-state index contributed by atoms with van der Waals surface area (Å²) in [6.07, 6.45) is 5.52. The number of aromatic amines is 1. The Labute approximate surface area is 207 Å². The van der Waals surface area contributed by atoms with Gasteiger partial charge in [-0.2, -0.15) is 4.37 Å². The van der Waals surface area contributed by atoms with E-state index in [-0.39, 0.29) is 28.8 Å². The average molecular weight is 504 g/mol. The van der Waals surface area contributed by atoms with Crippen molar-refractivity contribution in [3.63, 3.8) is 0 Å². The molecule has 0 aliphatic carbocycles. The van der Waals surface area contributed by atoms with E-state index in [2.05, 4.69) is 34.9 Å². The summed E-state index contributed by atoms with van der Waals surface area (Å²) in [6.45, 7) is 0.428. The van der Waals surface area contributed by atoms with Crippen molar-refractivity contribution in [1.29, 1.82) is 5.41 Å². The summed E-state index contributed by atoms with van der Waals surface area (Å²) < 4.78 is 5.28. The molecule has 0 aliphatic heterocycles. The predicted octanol–water partition coefficient (Wildman–Crippen LogP) is 2.07. The van der Waals surface area contributed by atoms with Gasteiger partial charge in [0.25, 0.3) is 5.91 Å². The molecule has 36 heavy (non-hydrogen) atoms. The fourth-order valence-electron chi connectivity index (χ4n) is 3.60. The zero-order valence-electron chi connectivity index (χ0n) is 18.7. The number of carbonyl (C=O) groups excluding carboxylic acids is 1. The van der Waals surface area contributed by atoms with Crippen molar-refractivity contribution < 1.29 is 9.90 Å². The molecule has 0 fully saturated rings. The molecule has 0 bridgehead atoms. The van der Waals surface area contributed by atoms with E-state index in [0.29, 0.717) is 40.5 Å². The van der Waals surface area contributed by atoms with E-state index in [0.717, 1.165) is 17.4 Å². The highest BCUT2D eigenvalue weighted by molar-refractivity contribution is 7.11. The minimum atomic E-state index is -0.425. The number of aromatic nitrogens is 6. The molecule has 182 valence electrons. The number of nitrogens with one attached hydrogen (secondary N) is 4. The summed E-state index contributed by atoms with van der Waals surface area (Å²) in [7, 11) is 0. The van der Waals surface area contributed by atoms with Crippen LogP contribution in [0.15, 0.2) is 48.9 Å². The van der Waals surface area contributed by atoms with E-state index >= 15 is 0 Å². The van der Waals surface area contributed by atoms with Gasteiger partial charge in [-0.25, -0.2) is 15.0 Å². The lowest BCUT2D eigenvalue weighted by atomic mass is 10.2. The predicted molar refractivity (Wildman–Crippen MR) is 137 cm³/mol. The summed E-state index contributed by atoms with van der Waals surface area (Å²) in [5.74, 6) is 0.591. The molecule has 5 rings (SSSR count). The van der Waals surface area contributed by atoms with Gasteiger partial charge in [0.05, 0.1) is 0 Å². The number of nitrogen functional groups attached to an aromatic ring is 2. The van der Waals surface area contributed by atoms with E-state index in [1.807, 2.05) is 0 Å². The molecule has 0 saturated heterocycles. The molecule has 13 nitrogen and oxygen atoms in total. The van der Waals surface area contributed by atoms with Gasteiger partial charge >= 0.3 is 0 Å². The Hall–Kier alpha value is -4.98. The van der Waals surface area contributed by atoms with E-state index in [1.54, 1.807) is 42.9 Å². The van der Waals surface area contributed by atoms with Crippen LogP contribution in [0.4, 0.5) is 22.3 Å². The highest BCUT2D eigenvalue weighted by Gasteiger charge is 2.20. The fourth-order valence-corrected chi connectivity index (χ4v) is 4.31. The number of nitrogens with zero attached hydrogens (tertiary/aromatic N) is 5. The molecule has 0 aliphatic rings. The van der Waals surface area contributed by atoms with Crippen LogP contribution in [0.25, 0.3) is 11.0 Å². The number of hydrogen-bond acceptors (Lipinski definition) is 11. The molecule has 0 saturated carbocycles. The van der Waals surface area contributed by atoms with Crippen molar-refractivity contribution >= 4 is 56.6 Å². The van der Waals surface area contributed by atoms with Crippen molar-refractivity contribution in [2.24, 2.45) is 0 Å². The topological polar surface area (TPSA) is 210 Å². The van der Waals surface area contributed by atoms with Crippen LogP contribution in [-0.2, 0) is 6.42 Å². The molecule has 0 unspecified atom stereocenters. The van der Waals surface area contributed by atoms with Crippen LogP contribution in [0.1, 0.15) is 21.9 Å². The summed E-state index contributed by atoms with van der Waals surface area (Å²) in [6, 6.07) is 8.11. The Morgan fingerprint density at radius 2 is 2.11 bits per heavy atom. The van der Waals surface area contributed by atoms with Crippen LogP contribution >= 0.6 is 11.5 Å². The zero-order valence-corrected chi connectivity index (χ0v) is 19.5. The molecule has 5 aromatic heterocycles. The highest BCUT2D eigenvalue weighted by atomic mass is 32.1. The van der Waals surface area contributed by atoms with Crippen LogP contribution in [0, 0.1) is 5.41 Å². The van der Waals surface area contributed by atoms with Gasteiger partial charge in [-0.3, -0.25) is 14.8 Å². The zero-order chi connectivity index (χ0) is 25.2. The van der Waals surface area contributed by atoms with Crippen LogP contribution in [0.3, 0.4) is 0 Å². The van der Waals surface area contributed by atoms with E-state index < -0.39 is 5.91 Å². The summed E-state index contributed by atoms with van der Waals surface area (Å²) in [5, 5.41) is 25.6. The molecule has 0 atom stereocenters. The third-order valence-electron chi connectivity index (χ3n) is 5.28. The first-order valence-electron chi connectivity index (χ1n) is 10.7.